The second-order valence-electron chi connectivity index (χ2n) is 4.51. The van der Waals surface area contributed by atoms with Crippen LogP contribution in [0.4, 0.5) is 0 Å². The number of carbonyl (C=O) groups is 1. The maximum atomic E-state index is 12.0. The van der Waals surface area contributed by atoms with E-state index in [1.807, 2.05) is 6.07 Å². The van der Waals surface area contributed by atoms with E-state index in [9.17, 15) is 4.79 Å². The maximum Gasteiger partial charge on any atom is 0.349 e. The van der Waals surface area contributed by atoms with Crippen LogP contribution in [0.5, 0.6) is 5.75 Å². The van der Waals surface area contributed by atoms with E-state index in [1.54, 1.807) is 43.5 Å². The summed E-state index contributed by atoms with van der Waals surface area (Å²) >= 11 is 5.68. The molecule has 0 bridgehead atoms. The molecule has 0 N–H and O–H groups in total. The van der Waals surface area contributed by atoms with Crippen molar-refractivity contribution in [2.75, 3.05) is 7.11 Å². The molecule has 0 saturated heterocycles. The van der Waals surface area contributed by atoms with Gasteiger partial charge < -0.3 is 9.47 Å². The van der Waals surface area contributed by atoms with Crippen molar-refractivity contribution in [3.8, 4) is 11.8 Å². The Bertz CT molecular complexity index is 747. The molecule has 116 valence electrons. The first-order valence-electron chi connectivity index (χ1n) is 6.66. The summed E-state index contributed by atoms with van der Waals surface area (Å²) in [5.41, 5.74) is 1.30. The van der Waals surface area contributed by atoms with Gasteiger partial charge in [-0.25, -0.2) is 9.78 Å². The van der Waals surface area contributed by atoms with Crippen LogP contribution in [-0.2, 0) is 16.1 Å². The van der Waals surface area contributed by atoms with Crippen molar-refractivity contribution in [2.45, 2.75) is 6.61 Å². The molecule has 0 saturated carbocycles. The minimum absolute atomic E-state index is 0.0185. The van der Waals surface area contributed by atoms with Gasteiger partial charge in [0, 0.05) is 11.8 Å². The minimum atomic E-state index is -0.696. The summed E-state index contributed by atoms with van der Waals surface area (Å²) in [7, 11) is 1.56. The van der Waals surface area contributed by atoms with Crippen LogP contribution < -0.4 is 4.74 Å². The van der Waals surface area contributed by atoms with E-state index < -0.39 is 5.97 Å². The highest BCUT2D eigenvalue weighted by atomic mass is 35.5. The Labute approximate surface area is 138 Å². The number of pyridine rings is 1. The number of nitriles is 1. The highest BCUT2D eigenvalue weighted by Gasteiger charge is 2.11. The average molecular weight is 329 g/mol. The first-order chi connectivity index (χ1) is 11.1. The first-order valence-corrected chi connectivity index (χ1v) is 7.03. The van der Waals surface area contributed by atoms with Crippen LogP contribution in [0.1, 0.15) is 11.1 Å². The van der Waals surface area contributed by atoms with Crippen molar-refractivity contribution in [1.29, 1.82) is 5.26 Å². The lowest BCUT2D eigenvalue weighted by Crippen LogP contribution is -2.07. The number of hydrogen-bond acceptors (Lipinski definition) is 5. The summed E-state index contributed by atoms with van der Waals surface area (Å²) in [5, 5.41) is 9.48. The van der Waals surface area contributed by atoms with Crippen LogP contribution in [-0.4, -0.2) is 18.1 Å². The summed E-state index contributed by atoms with van der Waals surface area (Å²) in [6.45, 7) is 0.0185. The van der Waals surface area contributed by atoms with Gasteiger partial charge in [-0.05, 0) is 29.8 Å². The molecule has 5 nitrogen and oxygen atoms in total. The largest absolute Gasteiger partial charge is 0.497 e. The third kappa shape index (κ3) is 4.83. The van der Waals surface area contributed by atoms with Gasteiger partial charge >= 0.3 is 5.97 Å². The van der Waals surface area contributed by atoms with E-state index >= 15 is 0 Å². The monoisotopic (exact) mass is 328 g/mol. The topological polar surface area (TPSA) is 72.2 Å². The number of carbonyl (C=O) groups excluding carboxylic acids is 1. The molecule has 23 heavy (non-hydrogen) atoms. The number of esters is 1. The molecule has 6 heteroatoms. The van der Waals surface area contributed by atoms with Gasteiger partial charge in [-0.3, -0.25) is 0 Å². The van der Waals surface area contributed by atoms with Crippen LogP contribution in [0.2, 0.25) is 5.15 Å². The van der Waals surface area contributed by atoms with Gasteiger partial charge in [0.15, 0.2) is 0 Å². The quantitative estimate of drug-likeness (QED) is 0.364. The van der Waals surface area contributed by atoms with Gasteiger partial charge in [-0.2, -0.15) is 5.26 Å². The maximum absolute atomic E-state index is 12.0. The van der Waals surface area contributed by atoms with E-state index in [2.05, 4.69) is 4.98 Å². The third-order valence-electron chi connectivity index (χ3n) is 2.93. The first kappa shape index (κ1) is 16.5. The number of aromatic nitrogens is 1. The second kappa shape index (κ2) is 7.97. The number of nitrogens with zero attached hydrogens (tertiary/aromatic N) is 2. The molecule has 0 aliphatic rings. The smallest absolute Gasteiger partial charge is 0.349 e. The summed E-state index contributed by atoms with van der Waals surface area (Å²) in [6.07, 6.45) is 2.97. The molecule has 2 rings (SSSR count). The lowest BCUT2D eigenvalue weighted by Gasteiger charge is -2.04. The molecule has 0 atom stereocenters. The Morgan fingerprint density at radius 3 is 2.61 bits per heavy atom. The average Bonchev–Trinajstić information content (AvgIpc) is 2.59. The number of ether oxygens (including phenoxy) is 2. The van der Waals surface area contributed by atoms with Gasteiger partial charge in [-0.15, -0.1) is 0 Å². The van der Waals surface area contributed by atoms with Crippen molar-refractivity contribution < 1.29 is 14.3 Å². The standard InChI is InChI=1S/C17H13ClN2O3/c1-22-15-5-2-12(3-6-15)8-14(9-19)17(21)23-11-13-4-7-16(18)20-10-13/h2-8,10H,11H2,1H3/b14-8+. The van der Waals surface area contributed by atoms with Crippen LogP contribution in [0.3, 0.4) is 0 Å². The van der Waals surface area contributed by atoms with Crippen molar-refractivity contribution in [3.63, 3.8) is 0 Å². The van der Waals surface area contributed by atoms with E-state index in [-0.39, 0.29) is 12.2 Å². The number of benzene rings is 1. The summed E-state index contributed by atoms with van der Waals surface area (Å²) in [6, 6.07) is 12.1. The lowest BCUT2D eigenvalue weighted by atomic mass is 10.1. The molecule has 1 heterocycles. The van der Waals surface area contributed by atoms with Gasteiger partial charge in [0.25, 0.3) is 0 Å². The van der Waals surface area contributed by atoms with Crippen molar-refractivity contribution >= 4 is 23.6 Å². The van der Waals surface area contributed by atoms with Crippen molar-refractivity contribution in [2.24, 2.45) is 0 Å². The molecular weight excluding hydrogens is 316 g/mol. The zero-order valence-electron chi connectivity index (χ0n) is 12.3. The zero-order valence-corrected chi connectivity index (χ0v) is 13.1. The normalized spacial score (nSPS) is 10.7. The summed E-state index contributed by atoms with van der Waals surface area (Å²) in [4.78, 5) is 15.8. The number of methoxy groups -OCH3 is 1. The highest BCUT2D eigenvalue weighted by molar-refractivity contribution is 6.29. The number of hydrogen-bond donors (Lipinski definition) is 0. The lowest BCUT2D eigenvalue weighted by molar-refractivity contribution is -0.139. The predicted octanol–water partition coefficient (Wildman–Crippen LogP) is 3.39. The van der Waals surface area contributed by atoms with Gasteiger partial charge in [0.2, 0.25) is 0 Å². The van der Waals surface area contributed by atoms with Gasteiger partial charge in [-0.1, -0.05) is 29.8 Å². The van der Waals surface area contributed by atoms with E-state index in [0.717, 1.165) is 0 Å². The van der Waals surface area contributed by atoms with Gasteiger partial charge in [0.1, 0.15) is 29.2 Å². The Hall–Kier alpha value is -2.84. The van der Waals surface area contributed by atoms with Crippen LogP contribution in [0.15, 0.2) is 48.2 Å². The Kier molecular flexibility index (Phi) is 5.73. The molecule has 2 aromatic rings. The molecule has 1 aromatic carbocycles. The van der Waals surface area contributed by atoms with E-state index in [4.69, 9.17) is 26.3 Å². The summed E-state index contributed by atoms with van der Waals surface area (Å²) < 4.78 is 10.2. The Balaban J connectivity index is 2.04. The Morgan fingerprint density at radius 2 is 2.04 bits per heavy atom. The molecule has 0 amide bonds. The van der Waals surface area contributed by atoms with Crippen molar-refractivity contribution in [3.05, 3.63) is 64.4 Å². The second-order valence-corrected chi connectivity index (χ2v) is 4.90. The summed E-state index contributed by atoms with van der Waals surface area (Å²) in [5.74, 6) is -0.00302. The fourth-order valence-electron chi connectivity index (χ4n) is 1.72. The predicted molar refractivity (Wildman–Crippen MR) is 85.6 cm³/mol. The molecule has 1 aromatic heterocycles. The molecule has 0 fully saturated rings. The number of halogens is 1. The minimum Gasteiger partial charge on any atom is -0.497 e. The molecule has 0 aliphatic carbocycles. The van der Waals surface area contributed by atoms with Crippen LogP contribution >= 0.6 is 11.6 Å². The highest BCUT2D eigenvalue weighted by Crippen LogP contribution is 2.15. The fraction of sp³-hybridized carbons (Fsp3) is 0.118. The van der Waals surface area contributed by atoms with E-state index in [1.165, 1.54) is 12.3 Å². The van der Waals surface area contributed by atoms with Gasteiger partial charge in [0.05, 0.1) is 7.11 Å². The fourth-order valence-corrected chi connectivity index (χ4v) is 1.83. The molecule has 0 aliphatic heterocycles. The number of rotatable bonds is 5. The zero-order chi connectivity index (χ0) is 16.7. The van der Waals surface area contributed by atoms with Crippen LogP contribution in [0, 0.1) is 11.3 Å². The third-order valence-corrected chi connectivity index (χ3v) is 3.15. The van der Waals surface area contributed by atoms with E-state index in [0.29, 0.717) is 22.0 Å². The van der Waals surface area contributed by atoms with Crippen molar-refractivity contribution in [1.82, 2.24) is 4.98 Å². The molecule has 0 unspecified atom stereocenters. The molecule has 0 radical (unpaired) electrons. The Morgan fingerprint density at radius 1 is 1.30 bits per heavy atom. The molecular formula is C17H13ClN2O3. The van der Waals surface area contributed by atoms with Crippen LogP contribution in [0.25, 0.3) is 6.08 Å². The molecule has 0 spiro atoms. The SMILES string of the molecule is COc1ccc(/C=C(\C#N)C(=O)OCc2ccc(Cl)nc2)cc1.